The lowest BCUT2D eigenvalue weighted by atomic mass is 9.90. The summed E-state index contributed by atoms with van der Waals surface area (Å²) in [7, 11) is 0. The molecular formula is C13H19BrFN. The van der Waals surface area contributed by atoms with Gasteiger partial charge in [0, 0.05) is 10.5 Å². The summed E-state index contributed by atoms with van der Waals surface area (Å²) in [5.41, 5.74) is 7.25. The van der Waals surface area contributed by atoms with Crippen molar-refractivity contribution in [1.82, 2.24) is 0 Å². The van der Waals surface area contributed by atoms with Gasteiger partial charge < -0.3 is 5.73 Å². The highest BCUT2D eigenvalue weighted by molar-refractivity contribution is 9.10. The molecule has 0 amide bonds. The van der Waals surface area contributed by atoms with E-state index in [0.717, 1.165) is 29.3 Å². The standard InChI is InChI=1S/C13H19BrFN/c1-3-9(4-2)13(16)7-10-5-6-11(15)8-12(10)14/h5-6,8-9,13H,3-4,7,16H2,1-2H3. The quantitative estimate of drug-likeness (QED) is 0.874. The molecule has 1 rings (SSSR count). The predicted octanol–water partition coefficient (Wildman–Crippen LogP) is 3.89. The zero-order valence-corrected chi connectivity index (χ0v) is 11.4. The van der Waals surface area contributed by atoms with Crippen LogP contribution in [0.15, 0.2) is 22.7 Å². The van der Waals surface area contributed by atoms with Gasteiger partial charge in [0.2, 0.25) is 0 Å². The SMILES string of the molecule is CCC(CC)C(N)Cc1ccc(F)cc1Br. The Hall–Kier alpha value is -0.410. The van der Waals surface area contributed by atoms with Crippen LogP contribution in [0.2, 0.25) is 0 Å². The monoisotopic (exact) mass is 287 g/mol. The Labute approximate surface area is 105 Å². The lowest BCUT2D eigenvalue weighted by Crippen LogP contribution is -2.31. The third-order valence-corrected chi connectivity index (χ3v) is 3.86. The second-order valence-electron chi connectivity index (χ2n) is 4.18. The lowest BCUT2D eigenvalue weighted by molar-refractivity contribution is 0.393. The molecule has 0 saturated heterocycles. The summed E-state index contributed by atoms with van der Waals surface area (Å²) in [6.07, 6.45) is 2.99. The van der Waals surface area contributed by atoms with Crippen molar-refractivity contribution >= 4 is 15.9 Å². The van der Waals surface area contributed by atoms with Gasteiger partial charge in [-0.15, -0.1) is 0 Å². The molecule has 0 aliphatic carbocycles. The van der Waals surface area contributed by atoms with Gasteiger partial charge in [-0.25, -0.2) is 4.39 Å². The van der Waals surface area contributed by atoms with E-state index in [1.54, 1.807) is 0 Å². The first kappa shape index (κ1) is 13.7. The van der Waals surface area contributed by atoms with Crippen LogP contribution in [-0.2, 0) is 6.42 Å². The van der Waals surface area contributed by atoms with Crippen molar-refractivity contribution in [2.24, 2.45) is 11.7 Å². The highest BCUT2D eigenvalue weighted by Gasteiger charge is 2.15. The summed E-state index contributed by atoms with van der Waals surface area (Å²) < 4.78 is 13.7. The first-order valence-corrected chi connectivity index (χ1v) is 6.57. The molecule has 90 valence electrons. The maximum Gasteiger partial charge on any atom is 0.124 e. The smallest absolute Gasteiger partial charge is 0.124 e. The first-order valence-electron chi connectivity index (χ1n) is 5.78. The average molecular weight is 288 g/mol. The zero-order valence-electron chi connectivity index (χ0n) is 9.84. The molecule has 0 aliphatic rings. The topological polar surface area (TPSA) is 26.0 Å². The molecule has 1 nitrogen and oxygen atoms in total. The van der Waals surface area contributed by atoms with E-state index in [4.69, 9.17) is 5.73 Å². The highest BCUT2D eigenvalue weighted by atomic mass is 79.9. The minimum absolute atomic E-state index is 0.150. The molecule has 0 heterocycles. The van der Waals surface area contributed by atoms with Crippen LogP contribution in [0.25, 0.3) is 0 Å². The van der Waals surface area contributed by atoms with Crippen LogP contribution in [0.3, 0.4) is 0 Å². The van der Waals surface area contributed by atoms with E-state index in [1.165, 1.54) is 12.1 Å². The summed E-state index contributed by atoms with van der Waals surface area (Å²) >= 11 is 3.37. The van der Waals surface area contributed by atoms with Crippen molar-refractivity contribution in [2.75, 3.05) is 0 Å². The predicted molar refractivity (Wildman–Crippen MR) is 69.9 cm³/mol. The molecule has 1 aromatic carbocycles. The Morgan fingerprint density at radius 3 is 2.44 bits per heavy atom. The molecule has 0 spiro atoms. The number of hydrogen-bond donors (Lipinski definition) is 1. The Balaban J connectivity index is 2.72. The van der Waals surface area contributed by atoms with Gasteiger partial charge in [-0.3, -0.25) is 0 Å². The van der Waals surface area contributed by atoms with Crippen LogP contribution in [0.4, 0.5) is 4.39 Å². The zero-order chi connectivity index (χ0) is 12.1. The fourth-order valence-corrected chi connectivity index (χ4v) is 2.51. The Kier molecular flexibility index (Phi) is 5.42. The van der Waals surface area contributed by atoms with Crippen molar-refractivity contribution in [1.29, 1.82) is 0 Å². The van der Waals surface area contributed by atoms with Crippen LogP contribution in [-0.4, -0.2) is 6.04 Å². The van der Waals surface area contributed by atoms with Gasteiger partial charge in [0.1, 0.15) is 5.82 Å². The van der Waals surface area contributed by atoms with E-state index in [1.807, 2.05) is 6.07 Å². The lowest BCUT2D eigenvalue weighted by Gasteiger charge is -2.21. The molecule has 3 heteroatoms. The van der Waals surface area contributed by atoms with Crippen molar-refractivity contribution in [3.8, 4) is 0 Å². The van der Waals surface area contributed by atoms with Gasteiger partial charge in [-0.2, -0.15) is 0 Å². The van der Waals surface area contributed by atoms with Crippen molar-refractivity contribution in [2.45, 2.75) is 39.2 Å². The van der Waals surface area contributed by atoms with E-state index in [9.17, 15) is 4.39 Å². The normalized spacial score (nSPS) is 13.1. The number of nitrogens with two attached hydrogens (primary N) is 1. The van der Waals surface area contributed by atoms with Gasteiger partial charge in [-0.05, 0) is 30.0 Å². The molecule has 0 saturated carbocycles. The highest BCUT2D eigenvalue weighted by Crippen LogP contribution is 2.22. The van der Waals surface area contributed by atoms with Gasteiger partial charge in [0.05, 0.1) is 0 Å². The molecule has 1 unspecified atom stereocenters. The summed E-state index contributed by atoms with van der Waals surface area (Å²) in [5, 5.41) is 0. The number of hydrogen-bond acceptors (Lipinski definition) is 1. The number of rotatable bonds is 5. The van der Waals surface area contributed by atoms with E-state index >= 15 is 0 Å². The van der Waals surface area contributed by atoms with Gasteiger partial charge in [0.15, 0.2) is 0 Å². The minimum atomic E-state index is -0.216. The minimum Gasteiger partial charge on any atom is -0.327 e. The molecule has 0 aromatic heterocycles. The van der Waals surface area contributed by atoms with Crippen LogP contribution in [0.5, 0.6) is 0 Å². The third kappa shape index (κ3) is 3.56. The molecule has 2 N–H and O–H groups in total. The summed E-state index contributed by atoms with van der Waals surface area (Å²) in [6, 6.07) is 4.94. The Morgan fingerprint density at radius 2 is 1.94 bits per heavy atom. The maximum atomic E-state index is 12.9. The fourth-order valence-electron chi connectivity index (χ4n) is 2.00. The van der Waals surface area contributed by atoms with Crippen molar-refractivity contribution in [3.05, 3.63) is 34.1 Å². The Bertz CT molecular complexity index is 337. The molecule has 0 fully saturated rings. The molecular weight excluding hydrogens is 269 g/mol. The van der Waals surface area contributed by atoms with Crippen LogP contribution < -0.4 is 5.73 Å². The van der Waals surface area contributed by atoms with Crippen molar-refractivity contribution in [3.63, 3.8) is 0 Å². The van der Waals surface area contributed by atoms with E-state index < -0.39 is 0 Å². The molecule has 1 atom stereocenters. The summed E-state index contributed by atoms with van der Waals surface area (Å²) in [4.78, 5) is 0. The number of halogens is 2. The second kappa shape index (κ2) is 6.36. The van der Waals surface area contributed by atoms with Crippen molar-refractivity contribution < 1.29 is 4.39 Å². The van der Waals surface area contributed by atoms with E-state index in [-0.39, 0.29) is 11.9 Å². The van der Waals surface area contributed by atoms with Crippen LogP contribution >= 0.6 is 15.9 Å². The van der Waals surface area contributed by atoms with Crippen LogP contribution in [0.1, 0.15) is 32.3 Å². The van der Waals surface area contributed by atoms with Gasteiger partial charge >= 0.3 is 0 Å². The molecule has 0 radical (unpaired) electrons. The van der Waals surface area contributed by atoms with E-state index in [0.29, 0.717) is 5.92 Å². The Morgan fingerprint density at radius 1 is 1.31 bits per heavy atom. The van der Waals surface area contributed by atoms with E-state index in [2.05, 4.69) is 29.8 Å². The maximum absolute atomic E-state index is 12.9. The molecule has 1 aromatic rings. The molecule has 0 bridgehead atoms. The summed E-state index contributed by atoms with van der Waals surface area (Å²) in [6.45, 7) is 4.32. The molecule has 16 heavy (non-hydrogen) atoms. The summed E-state index contributed by atoms with van der Waals surface area (Å²) in [5.74, 6) is 0.323. The van der Waals surface area contributed by atoms with Gasteiger partial charge in [-0.1, -0.05) is 48.7 Å². The largest absolute Gasteiger partial charge is 0.327 e. The molecule has 0 aliphatic heterocycles. The van der Waals surface area contributed by atoms with Gasteiger partial charge in [0.25, 0.3) is 0 Å². The number of benzene rings is 1. The second-order valence-corrected chi connectivity index (χ2v) is 5.03. The third-order valence-electron chi connectivity index (χ3n) is 3.12. The first-order chi connectivity index (χ1) is 7.58. The average Bonchev–Trinajstić information content (AvgIpc) is 2.24. The van der Waals surface area contributed by atoms with Crippen LogP contribution in [0, 0.1) is 11.7 Å². The fraction of sp³-hybridized carbons (Fsp3) is 0.538.